The summed E-state index contributed by atoms with van der Waals surface area (Å²) in [4.78, 5) is 11.9. The highest BCUT2D eigenvalue weighted by molar-refractivity contribution is 7.84. The summed E-state index contributed by atoms with van der Waals surface area (Å²) < 4.78 is 0. The number of nitriles is 1. The van der Waals surface area contributed by atoms with Crippen LogP contribution in [0.5, 0.6) is 0 Å². The number of carbonyl (C=O) groups excluding carboxylic acids is 1. The standard InChI is InChI=1S/C20H21N5OS/c1-13(22)9-19(27)25-17-11-16(8-7-15(17)12-21)24-18(20(23)26)10-14-5-3-2-4-6-14/h2-9,11,18,22,24-25,27H,10H2,1H3,(H2,23,26)/b19-9-,22-13?/t18-/m1/s1. The number of primary amides is 1. The molecule has 0 saturated heterocycles. The predicted octanol–water partition coefficient (Wildman–Crippen LogP) is 3.29. The van der Waals surface area contributed by atoms with E-state index in [0.717, 1.165) is 5.56 Å². The first-order valence-electron chi connectivity index (χ1n) is 8.26. The molecule has 0 bridgehead atoms. The van der Waals surface area contributed by atoms with E-state index in [0.29, 0.717) is 34.1 Å². The minimum absolute atomic E-state index is 0.331. The van der Waals surface area contributed by atoms with Gasteiger partial charge in [-0.15, -0.1) is 12.6 Å². The number of amides is 1. The van der Waals surface area contributed by atoms with E-state index in [4.69, 9.17) is 11.1 Å². The lowest BCUT2D eigenvalue weighted by atomic mass is 10.0. The summed E-state index contributed by atoms with van der Waals surface area (Å²) in [6.45, 7) is 1.63. The average Bonchev–Trinajstić information content (AvgIpc) is 2.61. The van der Waals surface area contributed by atoms with Crippen LogP contribution in [0.25, 0.3) is 0 Å². The minimum Gasteiger partial charge on any atom is -0.373 e. The number of hydrogen-bond acceptors (Lipinski definition) is 6. The van der Waals surface area contributed by atoms with Crippen molar-refractivity contribution in [1.82, 2.24) is 0 Å². The number of rotatable bonds is 8. The molecule has 0 aromatic heterocycles. The molecule has 7 heteroatoms. The van der Waals surface area contributed by atoms with Crippen molar-refractivity contribution in [2.24, 2.45) is 5.73 Å². The van der Waals surface area contributed by atoms with Gasteiger partial charge in [0.05, 0.1) is 16.3 Å². The largest absolute Gasteiger partial charge is 0.373 e. The molecule has 0 radical (unpaired) electrons. The lowest BCUT2D eigenvalue weighted by Gasteiger charge is -2.18. The summed E-state index contributed by atoms with van der Waals surface area (Å²) in [6, 6.07) is 16.2. The van der Waals surface area contributed by atoms with Gasteiger partial charge in [0.1, 0.15) is 12.1 Å². The Morgan fingerprint density at radius 1 is 1.33 bits per heavy atom. The topological polar surface area (TPSA) is 115 Å². The van der Waals surface area contributed by atoms with Gasteiger partial charge in [0, 0.05) is 17.8 Å². The second kappa shape index (κ2) is 9.46. The van der Waals surface area contributed by atoms with Crippen molar-refractivity contribution in [3.63, 3.8) is 0 Å². The first kappa shape index (κ1) is 20.1. The molecule has 2 aromatic carbocycles. The summed E-state index contributed by atoms with van der Waals surface area (Å²) in [5.41, 5.74) is 8.45. The molecule has 0 aliphatic rings. The normalized spacial score (nSPS) is 12.0. The molecule has 0 unspecified atom stereocenters. The molecule has 0 spiro atoms. The van der Waals surface area contributed by atoms with E-state index in [-0.39, 0.29) is 0 Å². The first-order valence-corrected chi connectivity index (χ1v) is 8.70. The van der Waals surface area contributed by atoms with Gasteiger partial charge >= 0.3 is 0 Å². The molecule has 0 aliphatic heterocycles. The summed E-state index contributed by atoms with van der Waals surface area (Å²) in [5, 5.41) is 23.3. The van der Waals surface area contributed by atoms with E-state index in [1.165, 1.54) is 6.08 Å². The highest BCUT2D eigenvalue weighted by Crippen LogP contribution is 2.24. The van der Waals surface area contributed by atoms with Crippen molar-refractivity contribution in [1.29, 1.82) is 10.7 Å². The molecule has 2 rings (SSSR count). The van der Waals surface area contributed by atoms with Crippen LogP contribution in [0.2, 0.25) is 0 Å². The van der Waals surface area contributed by atoms with E-state index < -0.39 is 11.9 Å². The molecule has 5 N–H and O–H groups in total. The Hall–Kier alpha value is -3.24. The van der Waals surface area contributed by atoms with Gasteiger partial charge in [-0.05, 0) is 36.8 Å². The summed E-state index contributed by atoms with van der Waals surface area (Å²) in [6.07, 6.45) is 1.98. The lowest BCUT2D eigenvalue weighted by Crippen LogP contribution is -2.37. The van der Waals surface area contributed by atoms with Crippen molar-refractivity contribution in [3.05, 3.63) is 70.8 Å². The second-order valence-corrected chi connectivity index (χ2v) is 6.48. The third-order valence-electron chi connectivity index (χ3n) is 3.72. The van der Waals surface area contributed by atoms with Crippen LogP contribution in [0.15, 0.2) is 59.6 Å². The number of nitrogens with two attached hydrogens (primary N) is 1. The van der Waals surface area contributed by atoms with Gasteiger partial charge in [0.25, 0.3) is 0 Å². The molecule has 0 saturated carbocycles. The van der Waals surface area contributed by atoms with Crippen LogP contribution >= 0.6 is 12.6 Å². The molecule has 27 heavy (non-hydrogen) atoms. The molecule has 0 heterocycles. The van der Waals surface area contributed by atoms with Gasteiger partial charge in [-0.3, -0.25) is 4.79 Å². The zero-order valence-electron chi connectivity index (χ0n) is 14.9. The van der Waals surface area contributed by atoms with Crippen molar-refractivity contribution < 1.29 is 4.79 Å². The van der Waals surface area contributed by atoms with Crippen LogP contribution in [0.3, 0.4) is 0 Å². The highest BCUT2D eigenvalue weighted by Gasteiger charge is 2.16. The van der Waals surface area contributed by atoms with Gasteiger partial charge in [-0.2, -0.15) is 5.26 Å². The maximum atomic E-state index is 11.9. The smallest absolute Gasteiger partial charge is 0.240 e. The summed E-state index contributed by atoms with van der Waals surface area (Å²) in [5.74, 6) is -0.466. The van der Waals surface area contributed by atoms with Gasteiger partial charge in [0.2, 0.25) is 5.91 Å². The Kier molecular flexibility index (Phi) is 7.03. The van der Waals surface area contributed by atoms with E-state index in [9.17, 15) is 10.1 Å². The van der Waals surface area contributed by atoms with Crippen molar-refractivity contribution in [2.75, 3.05) is 10.6 Å². The monoisotopic (exact) mass is 379 g/mol. The zero-order chi connectivity index (χ0) is 19.8. The third kappa shape index (κ3) is 6.20. The Morgan fingerprint density at radius 3 is 2.63 bits per heavy atom. The maximum Gasteiger partial charge on any atom is 0.240 e. The average molecular weight is 379 g/mol. The van der Waals surface area contributed by atoms with E-state index >= 15 is 0 Å². The predicted molar refractivity (Wildman–Crippen MR) is 112 cm³/mol. The van der Waals surface area contributed by atoms with Crippen molar-refractivity contribution in [2.45, 2.75) is 19.4 Å². The van der Waals surface area contributed by atoms with E-state index in [1.54, 1.807) is 25.1 Å². The first-order chi connectivity index (χ1) is 12.9. The van der Waals surface area contributed by atoms with Crippen molar-refractivity contribution >= 4 is 35.6 Å². The van der Waals surface area contributed by atoms with Crippen LogP contribution in [-0.4, -0.2) is 17.7 Å². The third-order valence-corrected chi connectivity index (χ3v) is 3.96. The zero-order valence-corrected chi connectivity index (χ0v) is 15.8. The number of allylic oxidation sites excluding steroid dienone is 1. The van der Waals surface area contributed by atoms with Gasteiger partial charge in [-0.25, -0.2) is 0 Å². The quantitative estimate of drug-likeness (QED) is 0.357. The Balaban J connectivity index is 2.24. The number of hydrogen-bond donors (Lipinski definition) is 5. The molecule has 0 fully saturated rings. The second-order valence-electron chi connectivity index (χ2n) is 6.00. The molecule has 1 amide bonds. The Labute approximate surface area is 164 Å². The molecule has 1 atom stereocenters. The number of benzene rings is 2. The van der Waals surface area contributed by atoms with Gasteiger partial charge in [-0.1, -0.05) is 30.3 Å². The number of carbonyl (C=O) groups is 1. The number of anilines is 2. The molecule has 138 valence electrons. The highest BCUT2D eigenvalue weighted by atomic mass is 32.1. The van der Waals surface area contributed by atoms with Gasteiger partial charge in [0.15, 0.2) is 0 Å². The number of nitrogens with one attached hydrogen (secondary N) is 3. The number of thiol groups is 1. The summed E-state index contributed by atoms with van der Waals surface area (Å²) >= 11 is 4.28. The van der Waals surface area contributed by atoms with Crippen LogP contribution in [0.4, 0.5) is 11.4 Å². The fourth-order valence-corrected chi connectivity index (χ4v) is 2.80. The molecule has 6 nitrogen and oxygen atoms in total. The van der Waals surface area contributed by atoms with Gasteiger partial charge < -0.3 is 21.8 Å². The Bertz CT molecular complexity index is 902. The SMILES string of the molecule is CC(=N)/C=C(\S)Nc1cc(N[C@H](Cc2ccccc2)C(N)=O)ccc1C#N. The fraction of sp³-hybridized carbons (Fsp3) is 0.150. The van der Waals surface area contributed by atoms with E-state index in [2.05, 4.69) is 29.3 Å². The molecular weight excluding hydrogens is 358 g/mol. The Morgan fingerprint density at radius 2 is 2.04 bits per heavy atom. The molecule has 2 aromatic rings. The molecular formula is C20H21N5OS. The molecule has 0 aliphatic carbocycles. The number of nitrogens with zero attached hydrogens (tertiary/aromatic N) is 1. The van der Waals surface area contributed by atoms with E-state index in [1.807, 2.05) is 30.3 Å². The lowest BCUT2D eigenvalue weighted by molar-refractivity contribution is -0.118. The van der Waals surface area contributed by atoms with Crippen LogP contribution in [0.1, 0.15) is 18.1 Å². The maximum absolute atomic E-state index is 11.9. The minimum atomic E-state index is -0.594. The van der Waals surface area contributed by atoms with Crippen LogP contribution in [-0.2, 0) is 11.2 Å². The summed E-state index contributed by atoms with van der Waals surface area (Å²) in [7, 11) is 0. The van der Waals surface area contributed by atoms with Crippen LogP contribution < -0.4 is 16.4 Å². The van der Waals surface area contributed by atoms with Crippen LogP contribution in [0, 0.1) is 16.7 Å². The van der Waals surface area contributed by atoms with Crippen molar-refractivity contribution in [3.8, 4) is 6.07 Å². The fourth-order valence-electron chi connectivity index (χ4n) is 2.49.